The van der Waals surface area contributed by atoms with E-state index in [0.29, 0.717) is 11.5 Å². The van der Waals surface area contributed by atoms with Gasteiger partial charge in [-0.05, 0) is 12.8 Å². The fraction of sp³-hybridized carbons (Fsp3) is 0.636. The molecule has 1 aliphatic rings. The Morgan fingerprint density at radius 1 is 1.31 bits per heavy atom. The molecular weight excluding hydrogens is 204 g/mol. The molecule has 5 heteroatoms. The molecule has 1 aromatic rings. The van der Waals surface area contributed by atoms with Gasteiger partial charge < -0.3 is 16.2 Å². The SMILES string of the molecule is Nc1cncnc1NC1CCCCCC1O. The van der Waals surface area contributed by atoms with Crippen molar-refractivity contribution in [3.05, 3.63) is 12.5 Å². The summed E-state index contributed by atoms with van der Waals surface area (Å²) in [7, 11) is 0. The van der Waals surface area contributed by atoms with E-state index in [-0.39, 0.29) is 12.1 Å². The normalized spacial score (nSPS) is 26.1. The van der Waals surface area contributed by atoms with E-state index in [1.165, 1.54) is 12.7 Å². The van der Waals surface area contributed by atoms with Crippen LogP contribution in [0.4, 0.5) is 11.5 Å². The molecular formula is C11H18N4O. The van der Waals surface area contributed by atoms with Gasteiger partial charge in [0.1, 0.15) is 6.33 Å². The number of aromatic nitrogens is 2. The van der Waals surface area contributed by atoms with Crippen LogP contribution in [0.25, 0.3) is 0 Å². The molecule has 1 saturated carbocycles. The maximum atomic E-state index is 9.95. The van der Waals surface area contributed by atoms with Gasteiger partial charge in [0.15, 0.2) is 5.82 Å². The Kier molecular flexibility index (Phi) is 3.56. The van der Waals surface area contributed by atoms with Crippen LogP contribution in [-0.2, 0) is 0 Å². The Hall–Kier alpha value is -1.36. The molecule has 0 aliphatic heterocycles. The second kappa shape index (κ2) is 5.12. The van der Waals surface area contributed by atoms with Crippen molar-refractivity contribution < 1.29 is 5.11 Å². The minimum Gasteiger partial charge on any atom is -0.394 e. The van der Waals surface area contributed by atoms with Crippen molar-refractivity contribution in [2.24, 2.45) is 0 Å². The molecule has 0 radical (unpaired) electrons. The van der Waals surface area contributed by atoms with Crippen molar-refractivity contribution in [1.29, 1.82) is 0 Å². The number of nitrogens with two attached hydrogens (primary N) is 1. The summed E-state index contributed by atoms with van der Waals surface area (Å²) in [5.41, 5.74) is 6.28. The van der Waals surface area contributed by atoms with Crippen molar-refractivity contribution in [3.8, 4) is 0 Å². The van der Waals surface area contributed by atoms with Gasteiger partial charge >= 0.3 is 0 Å². The minimum absolute atomic E-state index is 0.0553. The highest BCUT2D eigenvalue weighted by molar-refractivity contribution is 5.59. The van der Waals surface area contributed by atoms with Crippen molar-refractivity contribution in [1.82, 2.24) is 9.97 Å². The second-order valence-electron chi connectivity index (χ2n) is 4.28. The monoisotopic (exact) mass is 222 g/mol. The fourth-order valence-electron chi connectivity index (χ4n) is 2.09. The van der Waals surface area contributed by atoms with Crippen LogP contribution in [0.2, 0.25) is 0 Å². The average Bonchev–Trinajstić information content (AvgIpc) is 2.48. The Morgan fingerprint density at radius 3 is 2.94 bits per heavy atom. The molecule has 0 bridgehead atoms. The van der Waals surface area contributed by atoms with Crippen LogP contribution in [-0.4, -0.2) is 27.2 Å². The largest absolute Gasteiger partial charge is 0.394 e. The van der Waals surface area contributed by atoms with Crippen LogP contribution in [0.15, 0.2) is 12.5 Å². The maximum absolute atomic E-state index is 9.95. The first-order chi connectivity index (χ1) is 7.77. The Bertz CT molecular complexity index is 345. The van der Waals surface area contributed by atoms with Gasteiger partial charge in [-0.2, -0.15) is 0 Å². The average molecular weight is 222 g/mol. The smallest absolute Gasteiger partial charge is 0.152 e. The zero-order chi connectivity index (χ0) is 11.4. The molecule has 2 atom stereocenters. The Morgan fingerprint density at radius 2 is 2.12 bits per heavy atom. The minimum atomic E-state index is -0.308. The van der Waals surface area contributed by atoms with Gasteiger partial charge in [-0.1, -0.05) is 19.3 Å². The van der Waals surface area contributed by atoms with Gasteiger partial charge in [-0.25, -0.2) is 9.97 Å². The number of hydrogen-bond donors (Lipinski definition) is 3. The molecule has 0 amide bonds. The topological polar surface area (TPSA) is 84.1 Å². The highest BCUT2D eigenvalue weighted by Crippen LogP contribution is 2.22. The van der Waals surface area contributed by atoms with Crippen molar-refractivity contribution in [3.63, 3.8) is 0 Å². The number of rotatable bonds is 2. The van der Waals surface area contributed by atoms with Gasteiger partial charge in [0.05, 0.1) is 24.0 Å². The number of hydrogen-bond acceptors (Lipinski definition) is 5. The predicted octanol–water partition coefficient (Wildman–Crippen LogP) is 1.16. The predicted molar refractivity (Wildman–Crippen MR) is 62.9 cm³/mol. The number of anilines is 2. The molecule has 1 fully saturated rings. The lowest BCUT2D eigenvalue weighted by molar-refractivity contribution is 0.144. The summed E-state index contributed by atoms with van der Waals surface area (Å²) in [6.45, 7) is 0. The quantitative estimate of drug-likeness (QED) is 0.654. The zero-order valence-electron chi connectivity index (χ0n) is 9.26. The number of nitrogens with zero attached hydrogens (tertiary/aromatic N) is 2. The maximum Gasteiger partial charge on any atom is 0.152 e. The van der Waals surface area contributed by atoms with Crippen LogP contribution in [0.5, 0.6) is 0 Å². The zero-order valence-corrected chi connectivity index (χ0v) is 9.26. The first-order valence-electron chi connectivity index (χ1n) is 5.77. The lowest BCUT2D eigenvalue weighted by atomic mass is 10.1. The Balaban J connectivity index is 2.05. The molecule has 0 spiro atoms. The number of aliphatic hydroxyl groups excluding tert-OH is 1. The summed E-state index contributed by atoms with van der Waals surface area (Å²) in [4.78, 5) is 7.92. The molecule has 4 N–H and O–H groups in total. The standard InChI is InChI=1S/C11H18N4O/c12-8-6-13-7-14-11(8)15-9-4-2-1-3-5-10(9)16/h6-7,9-10,16H,1-5,12H2,(H,13,14,15). The van der Waals surface area contributed by atoms with E-state index in [0.717, 1.165) is 25.7 Å². The van der Waals surface area contributed by atoms with E-state index in [9.17, 15) is 5.11 Å². The molecule has 1 heterocycles. The molecule has 1 aromatic heterocycles. The summed E-state index contributed by atoms with van der Waals surface area (Å²) in [5, 5.41) is 13.2. The summed E-state index contributed by atoms with van der Waals surface area (Å²) >= 11 is 0. The fourth-order valence-corrected chi connectivity index (χ4v) is 2.09. The first kappa shape index (κ1) is 11.1. The third-order valence-corrected chi connectivity index (χ3v) is 3.04. The second-order valence-corrected chi connectivity index (χ2v) is 4.28. The number of nitrogens with one attached hydrogen (secondary N) is 1. The van der Waals surface area contributed by atoms with Gasteiger partial charge in [0.2, 0.25) is 0 Å². The van der Waals surface area contributed by atoms with Gasteiger partial charge in [0, 0.05) is 0 Å². The van der Waals surface area contributed by atoms with Gasteiger partial charge in [-0.15, -0.1) is 0 Å². The van der Waals surface area contributed by atoms with Crippen LogP contribution >= 0.6 is 0 Å². The molecule has 5 nitrogen and oxygen atoms in total. The molecule has 2 unspecified atom stereocenters. The summed E-state index contributed by atoms with van der Waals surface area (Å²) < 4.78 is 0. The lowest BCUT2D eigenvalue weighted by Crippen LogP contribution is -2.33. The molecule has 16 heavy (non-hydrogen) atoms. The highest BCUT2D eigenvalue weighted by atomic mass is 16.3. The van der Waals surface area contributed by atoms with Crippen LogP contribution in [0.3, 0.4) is 0 Å². The third-order valence-electron chi connectivity index (χ3n) is 3.04. The molecule has 2 rings (SSSR count). The molecule has 0 aromatic carbocycles. The van der Waals surface area contributed by atoms with Crippen LogP contribution < -0.4 is 11.1 Å². The van der Waals surface area contributed by atoms with Gasteiger partial charge in [-0.3, -0.25) is 0 Å². The van der Waals surface area contributed by atoms with E-state index < -0.39 is 0 Å². The summed E-state index contributed by atoms with van der Waals surface area (Å²) in [6, 6.07) is 0.0553. The van der Waals surface area contributed by atoms with Crippen LogP contribution in [0, 0.1) is 0 Å². The van der Waals surface area contributed by atoms with Gasteiger partial charge in [0.25, 0.3) is 0 Å². The van der Waals surface area contributed by atoms with Crippen molar-refractivity contribution in [2.75, 3.05) is 11.1 Å². The van der Waals surface area contributed by atoms with E-state index in [2.05, 4.69) is 15.3 Å². The Labute approximate surface area is 95.1 Å². The van der Waals surface area contributed by atoms with E-state index in [1.807, 2.05) is 0 Å². The van der Waals surface area contributed by atoms with E-state index in [1.54, 1.807) is 6.20 Å². The molecule has 1 aliphatic carbocycles. The van der Waals surface area contributed by atoms with Crippen molar-refractivity contribution >= 4 is 11.5 Å². The van der Waals surface area contributed by atoms with Crippen molar-refractivity contribution in [2.45, 2.75) is 44.2 Å². The number of nitrogen functional groups attached to an aromatic ring is 1. The molecule has 0 saturated heterocycles. The van der Waals surface area contributed by atoms with Crippen LogP contribution in [0.1, 0.15) is 32.1 Å². The summed E-state index contributed by atoms with van der Waals surface area (Å²) in [6.07, 6.45) is 7.96. The number of aliphatic hydroxyl groups is 1. The third kappa shape index (κ3) is 2.61. The highest BCUT2D eigenvalue weighted by Gasteiger charge is 2.22. The van der Waals surface area contributed by atoms with E-state index in [4.69, 9.17) is 5.73 Å². The first-order valence-corrected chi connectivity index (χ1v) is 5.77. The molecule has 88 valence electrons. The van der Waals surface area contributed by atoms with E-state index >= 15 is 0 Å². The lowest BCUT2D eigenvalue weighted by Gasteiger charge is -2.22. The summed E-state index contributed by atoms with van der Waals surface area (Å²) in [5.74, 6) is 0.626.